The number of aromatic nitrogens is 2. The van der Waals surface area contributed by atoms with E-state index in [9.17, 15) is 18.0 Å². The first-order chi connectivity index (χ1) is 10.9. The third-order valence-electron chi connectivity index (χ3n) is 2.61. The Hall–Kier alpha value is -1.61. The predicted octanol–water partition coefficient (Wildman–Crippen LogP) is 4.27. The van der Waals surface area contributed by atoms with Gasteiger partial charge >= 0.3 is 12.1 Å². The molecule has 4 nitrogen and oxygen atoms in total. The van der Waals surface area contributed by atoms with E-state index >= 15 is 0 Å². The second-order valence-corrected chi connectivity index (χ2v) is 6.31. The Labute approximate surface area is 139 Å². The summed E-state index contributed by atoms with van der Waals surface area (Å²) in [6.07, 6.45) is -4.46. The number of nitrogens with zero attached hydrogens (tertiary/aromatic N) is 2. The third-order valence-corrected chi connectivity index (χ3v) is 4.35. The Bertz CT molecular complexity index is 661. The number of carbonyl (C=O) groups is 1. The molecule has 0 aliphatic carbocycles. The fraction of sp³-hybridized carbons (Fsp3) is 0.357. The minimum atomic E-state index is -4.55. The molecule has 0 aliphatic heterocycles. The van der Waals surface area contributed by atoms with Gasteiger partial charge in [0.2, 0.25) is 0 Å². The first kappa shape index (κ1) is 17.7. The second kappa shape index (κ2) is 7.78. The van der Waals surface area contributed by atoms with Crippen molar-refractivity contribution in [2.75, 3.05) is 12.4 Å². The van der Waals surface area contributed by atoms with Crippen molar-refractivity contribution in [3.05, 3.63) is 29.3 Å². The van der Waals surface area contributed by atoms with Crippen molar-refractivity contribution in [3.63, 3.8) is 0 Å². The minimum Gasteiger partial charge on any atom is -0.466 e. The van der Waals surface area contributed by atoms with Gasteiger partial charge < -0.3 is 4.74 Å². The molecule has 0 saturated heterocycles. The summed E-state index contributed by atoms with van der Waals surface area (Å²) >= 11 is 2.30. The maximum absolute atomic E-state index is 13.0. The summed E-state index contributed by atoms with van der Waals surface area (Å²) in [7, 11) is 0. The Morgan fingerprint density at radius 2 is 2.17 bits per heavy atom. The van der Waals surface area contributed by atoms with Crippen LogP contribution in [0.3, 0.4) is 0 Å². The van der Waals surface area contributed by atoms with Gasteiger partial charge in [-0.05, 0) is 24.4 Å². The highest BCUT2D eigenvalue weighted by molar-refractivity contribution is 7.99. The number of thiophene rings is 1. The van der Waals surface area contributed by atoms with E-state index in [0.29, 0.717) is 4.88 Å². The molecule has 0 unspecified atom stereocenters. The Balaban J connectivity index is 2.18. The molecule has 0 amide bonds. The molecule has 2 rings (SSSR count). The van der Waals surface area contributed by atoms with Gasteiger partial charge in [0, 0.05) is 5.75 Å². The molecule has 0 spiro atoms. The highest BCUT2D eigenvalue weighted by Gasteiger charge is 2.34. The molecule has 0 fully saturated rings. The molecule has 2 aromatic rings. The summed E-state index contributed by atoms with van der Waals surface area (Å²) in [6, 6.07) is 4.37. The van der Waals surface area contributed by atoms with E-state index in [0.717, 1.165) is 17.8 Å². The molecule has 124 valence electrons. The normalized spacial score (nSPS) is 11.5. The van der Waals surface area contributed by atoms with Crippen LogP contribution in [0, 0.1) is 0 Å². The van der Waals surface area contributed by atoms with Crippen LogP contribution in [-0.4, -0.2) is 28.3 Å². The van der Waals surface area contributed by atoms with Crippen molar-refractivity contribution in [1.29, 1.82) is 0 Å². The van der Waals surface area contributed by atoms with Gasteiger partial charge in [-0.1, -0.05) is 17.8 Å². The van der Waals surface area contributed by atoms with Crippen molar-refractivity contribution in [2.45, 2.75) is 24.7 Å². The Kier molecular flexibility index (Phi) is 6.00. The van der Waals surface area contributed by atoms with Crippen molar-refractivity contribution >= 4 is 29.1 Å². The van der Waals surface area contributed by atoms with E-state index in [1.165, 1.54) is 11.3 Å². The van der Waals surface area contributed by atoms with Crippen molar-refractivity contribution in [3.8, 4) is 10.6 Å². The lowest BCUT2D eigenvalue weighted by Gasteiger charge is -2.09. The van der Waals surface area contributed by atoms with E-state index in [1.807, 2.05) is 0 Å². The van der Waals surface area contributed by atoms with Crippen molar-refractivity contribution in [1.82, 2.24) is 9.97 Å². The number of hydrogen-bond acceptors (Lipinski definition) is 6. The molecule has 0 aromatic carbocycles. The lowest BCUT2D eigenvalue weighted by Crippen LogP contribution is -2.10. The van der Waals surface area contributed by atoms with Crippen LogP contribution in [0.25, 0.3) is 10.6 Å². The molecule has 0 atom stereocenters. The molecule has 23 heavy (non-hydrogen) atoms. The quantitative estimate of drug-likeness (QED) is 0.436. The summed E-state index contributed by atoms with van der Waals surface area (Å²) in [4.78, 5) is 19.6. The average molecular weight is 362 g/mol. The maximum atomic E-state index is 13.0. The SMILES string of the molecule is CCOC(=O)CCSc1nc(-c2cccs2)cc(C(F)(F)F)n1. The molecular formula is C14H13F3N2O2S2. The van der Waals surface area contributed by atoms with E-state index < -0.39 is 17.8 Å². The second-order valence-electron chi connectivity index (χ2n) is 4.30. The van der Waals surface area contributed by atoms with Crippen molar-refractivity contribution < 1.29 is 22.7 Å². The molecule has 0 aliphatic rings. The number of hydrogen-bond donors (Lipinski definition) is 0. The summed E-state index contributed by atoms with van der Waals surface area (Å²) in [5.41, 5.74) is -0.768. The van der Waals surface area contributed by atoms with Gasteiger partial charge in [-0.3, -0.25) is 4.79 Å². The van der Waals surface area contributed by atoms with Crippen LogP contribution < -0.4 is 0 Å². The van der Waals surface area contributed by atoms with E-state index in [-0.39, 0.29) is 29.6 Å². The highest BCUT2D eigenvalue weighted by Crippen LogP contribution is 2.33. The third kappa shape index (κ3) is 5.21. The average Bonchev–Trinajstić information content (AvgIpc) is 3.00. The summed E-state index contributed by atoms with van der Waals surface area (Å²) < 4.78 is 43.7. The van der Waals surface area contributed by atoms with E-state index in [2.05, 4.69) is 9.97 Å². The van der Waals surface area contributed by atoms with Crippen LogP contribution in [-0.2, 0) is 15.7 Å². The van der Waals surface area contributed by atoms with Crippen LogP contribution in [0.5, 0.6) is 0 Å². The van der Waals surface area contributed by atoms with Crippen LogP contribution in [0.1, 0.15) is 19.0 Å². The monoisotopic (exact) mass is 362 g/mol. The molecule has 9 heteroatoms. The molecular weight excluding hydrogens is 349 g/mol. The van der Waals surface area contributed by atoms with Crippen LogP contribution >= 0.6 is 23.1 Å². The molecule has 2 heterocycles. The fourth-order valence-corrected chi connectivity index (χ4v) is 3.11. The van der Waals surface area contributed by atoms with Crippen LogP contribution in [0.15, 0.2) is 28.7 Å². The van der Waals surface area contributed by atoms with Gasteiger partial charge in [-0.25, -0.2) is 9.97 Å². The van der Waals surface area contributed by atoms with E-state index in [4.69, 9.17) is 4.74 Å². The topological polar surface area (TPSA) is 52.1 Å². The number of thioether (sulfide) groups is 1. The number of carbonyl (C=O) groups excluding carboxylic acids is 1. The lowest BCUT2D eigenvalue weighted by molar-refractivity contribution is -0.143. The van der Waals surface area contributed by atoms with Crippen LogP contribution in [0.2, 0.25) is 0 Å². The summed E-state index contributed by atoms with van der Waals surface area (Å²) in [5.74, 6) is -0.144. The molecule has 0 radical (unpaired) electrons. The number of halogens is 3. The number of rotatable bonds is 6. The first-order valence-electron chi connectivity index (χ1n) is 6.68. The van der Waals surface area contributed by atoms with Gasteiger partial charge in [0.15, 0.2) is 5.16 Å². The molecule has 0 bridgehead atoms. The van der Waals surface area contributed by atoms with Gasteiger partial charge in [0.1, 0.15) is 5.69 Å². The van der Waals surface area contributed by atoms with Gasteiger partial charge in [-0.15, -0.1) is 11.3 Å². The Morgan fingerprint density at radius 1 is 1.39 bits per heavy atom. The zero-order valence-electron chi connectivity index (χ0n) is 12.1. The highest BCUT2D eigenvalue weighted by atomic mass is 32.2. The summed E-state index contributed by atoms with van der Waals surface area (Å²) in [5, 5.41) is 1.76. The molecule has 2 aromatic heterocycles. The zero-order chi connectivity index (χ0) is 16.9. The van der Waals surface area contributed by atoms with Crippen molar-refractivity contribution in [2.24, 2.45) is 0 Å². The lowest BCUT2D eigenvalue weighted by atomic mass is 10.3. The molecule has 0 N–H and O–H groups in total. The fourth-order valence-electron chi connectivity index (χ4n) is 1.64. The van der Waals surface area contributed by atoms with Crippen LogP contribution in [0.4, 0.5) is 13.2 Å². The smallest absolute Gasteiger partial charge is 0.433 e. The summed E-state index contributed by atoms with van der Waals surface area (Å²) in [6.45, 7) is 1.96. The van der Waals surface area contributed by atoms with Gasteiger partial charge in [0.25, 0.3) is 0 Å². The maximum Gasteiger partial charge on any atom is 0.433 e. The standard InChI is InChI=1S/C14H13F3N2O2S2/c1-2-21-12(20)5-7-23-13-18-9(10-4-3-6-22-10)8-11(19-13)14(15,16)17/h3-4,6,8H,2,5,7H2,1H3. The number of alkyl halides is 3. The first-order valence-corrected chi connectivity index (χ1v) is 8.55. The number of esters is 1. The van der Waals surface area contributed by atoms with Gasteiger partial charge in [-0.2, -0.15) is 13.2 Å². The largest absolute Gasteiger partial charge is 0.466 e. The predicted molar refractivity (Wildman–Crippen MR) is 82.3 cm³/mol. The van der Waals surface area contributed by atoms with E-state index in [1.54, 1.807) is 24.4 Å². The molecule has 0 saturated carbocycles. The zero-order valence-corrected chi connectivity index (χ0v) is 13.7. The van der Waals surface area contributed by atoms with Gasteiger partial charge in [0.05, 0.1) is 23.6 Å². The Morgan fingerprint density at radius 3 is 2.78 bits per heavy atom. The minimum absolute atomic E-state index is 0.00692. The number of ether oxygens (including phenoxy) is 1.